The lowest BCUT2D eigenvalue weighted by atomic mass is 10.0. The molecule has 0 aliphatic rings. The first-order chi connectivity index (χ1) is 8.09. The second-order valence-electron chi connectivity index (χ2n) is 3.52. The molecule has 0 radical (unpaired) electrons. The molecule has 0 aliphatic carbocycles. The van der Waals surface area contributed by atoms with E-state index >= 15 is 0 Å². The molecule has 0 spiro atoms. The van der Waals surface area contributed by atoms with Crippen molar-refractivity contribution in [3.8, 4) is 11.1 Å². The van der Waals surface area contributed by atoms with Gasteiger partial charge in [0.05, 0.1) is 0 Å². The third-order valence-electron chi connectivity index (χ3n) is 2.40. The molecular formula is C13H8Br2F2. The first-order valence-electron chi connectivity index (χ1n) is 4.92. The lowest BCUT2D eigenvalue weighted by Gasteiger charge is -2.09. The topological polar surface area (TPSA) is 0 Å². The van der Waals surface area contributed by atoms with Crippen LogP contribution in [0.5, 0.6) is 0 Å². The quantitative estimate of drug-likeness (QED) is 0.632. The monoisotopic (exact) mass is 360 g/mol. The number of hydrogen-bond donors (Lipinski definition) is 0. The van der Waals surface area contributed by atoms with Crippen molar-refractivity contribution in [2.45, 2.75) is 6.43 Å². The Hall–Kier alpha value is -0.740. The van der Waals surface area contributed by atoms with E-state index in [0.29, 0.717) is 4.47 Å². The molecule has 0 nitrogen and oxygen atoms in total. The van der Waals surface area contributed by atoms with Crippen molar-refractivity contribution >= 4 is 31.9 Å². The molecule has 0 fully saturated rings. The predicted molar refractivity (Wildman–Crippen MR) is 72.2 cm³/mol. The minimum atomic E-state index is -2.48. The Labute approximate surface area is 115 Å². The molecule has 88 valence electrons. The van der Waals surface area contributed by atoms with Crippen LogP contribution >= 0.6 is 31.9 Å². The van der Waals surface area contributed by atoms with Crippen LogP contribution in [-0.2, 0) is 0 Å². The summed E-state index contributed by atoms with van der Waals surface area (Å²) in [6.07, 6.45) is -2.48. The van der Waals surface area contributed by atoms with Crippen molar-refractivity contribution < 1.29 is 8.78 Å². The van der Waals surface area contributed by atoms with Crippen LogP contribution in [0.3, 0.4) is 0 Å². The van der Waals surface area contributed by atoms with E-state index in [-0.39, 0.29) is 5.56 Å². The second-order valence-corrected chi connectivity index (χ2v) is 5.23. The average molecular weight is 362 g/mol. The van der Waals surface area contributed by atoms with E-state index in [1.807, 2.05) is 30.3 Å². The van der Waals surface area contributed by atoms with Crippen molar-refractivity contribution in [1.82, 2.24) is 0 Å². The molecule has 2 aromatic carbocycles. The molecule has 4 heteroatoms. The highest BCUT2D eigenvalue weighted by molar-refractivity contribution is 9.11. The summed E-state index contributed by atoms with van der Waals surface area (Å²) >= 11 is 6.62. The fraction of sp³-hybridized carbons (Fsp3) is 0.0769. The molecule has 0 atom stereocenters. The van der Waals surface area contributed by atoms with E-state index in [0.717, 1.165) is 15.6 Å². The van der Waals surface area contributed by atoms with Gasteiger partial charge in [-0.15, -0.1) is 0 Å². The summed E-state index contributed by atoms with van der Waals surface area (Å²) in [6, 6.07) is 12.4. The third-order valence-corrected chi connectivity index (χ3v) is 3.78. The minimum absolute atomic E-state index is 0.0162. The van der Waals surface area contributed by atoms with Gasteiger partial charge in [-0.3, -0.25) is 0 Å². The van der Waals surface area contributed by atoms with Gasteiger partial charge in [0.25, 0.3) is 6.43 Å². The van der Waals surface area contributed by atoms with Crippen molar-refractivity contribution in [1.29, 1.82) is 0 Å². The lowest BCUT2D eigenvalue weighted by Crippen LogP contribution is -1.89. The smallest absolute Gasteiger partial charge is 0.205 e. The zero-order chi connectivity index (χ0) is 12.4. The summed E-state index contributed by atoms with van der Waals surface area (Å²) in [7, 11) is 0. The van der Waals surface area contributed by atoms with Crippen LogP contribution in [0.2, 0.25) is 0 Å². The van der Waals surface area contributed by atoms with Gasteiger partial charge in [0.2, 0.25) is 0 Å². The van der Waals surface area contributed by atoms with E-state index < -0.39 is 6.43 Å². The molecule has 17 heavy (non-hydrogen) atoms. The van der Waals surface area contributed by atoms with Crippen molar-refractivity contribution in [3.05, 3.63) is 57.0 Å². The Morgan fingerprint density at radius 1 is 0.941 bits per heavy atom. The van der Waals surface area contributed by atoms with Gasteiger partial charge in [-0.05, 0) is 39.2 Å². The van der Waals surface area contributed by atoms with Crippen molar-refractivity contribution in [2.75, 3.05) is 0 Å². The molecular weight excluding hydrogens is 354 g/mol. The van der Waals surface area contributed by atoms with Crippen molar-refractivity contribution in [2.24, 2.45) is 0 Å². The zero-order valence-corrected chi connectivity index (χ0v) is 11.8. The maximum Gasteiger partial charge on any atom is 0.264 e. The molecule has 0 unspecified atom stereocenters. The first-order valence-corrected chi connectivity index (χ1v) is 6.50. The first kappa shape index (κ1) is 12.7. The molecule has 2 aromatic rings. The van der Waals surface area contributed by atoms with Crippen LogP contribution in [0.25, 0.3) is 11.1 Å². The Kier molecular flexibility index (Phi) is 3.94. The Balaban J connectivity index is 2.57. The molecule has 2 rings (SSSR count). The minimum Gasteiger partial charge on any atom is -0.205 e. The van der Waals surface area contributed by atoms with Crippen LogP contribution in [0.15, 0.2) is 51.4 Å². The predicted octanol–water partition coefficient (Wildman–Crippen LogP) is 5.82. The van der Waals surface area contributed by atoms with E-state index in [1.54, 1.807) is 6.07 Å². The number of hydrogen-bond acceptors (Lipinski definition) is 0. The Morgan fingerprint density at radius 3 is 2.29 bits per heavy atom. The summed E-state index contributed by atoms with van der Waals surface area (Å²) < 4.78 is 26.9. The van der Waals surface area contributed by atoms with Crippen molar-refractivity contribution in [3.63, 3.8) is 0 Å². The maximum atomic E-state index is 12.8. The van der Waals surface area contributed by atoms with Crippen LogP contribution in [0, 0.1) is 0 Å². The molecule has 0 aliphatic heterocycles. The number of alkyl halides is 2. The number of halogens is 4. The highest BCUT2D eigenvalue weighted by atomic mass is 79.9. The molecule has 0 saturated carbocycles. The lowest BCUT2D eigenvalue weighted by molar-refractivity contribution is 0.150. The van der Waals surface area contributed by atoms with Crippen LogP contribution < -0.4 is 0 Å². The second kappa shape index (κ2) is 5.27. The highest BCUT2D eigenvalue weighted by Crippen LogP contribution is 2.36. The standard InChI is InChI=1S/C13H8Br2F2/c14-9-4-1-3-8(7-9)10-5-2-6-11(12(10)15)13(16)17/h1-7,13H. The molecule has 0 heterocycles. The van der Waals surface area contributed by atoms with E-state index in [9.17, 15) is 8.78 Å². The van der Waals surface area contributed by atoms with Crippen LogP contribution in [0.1, 0.15) is 12.0 Å². The molecule has 0 aromatic heterocycles. The fourth-order valence-electron chi connectivity index (χ4n) is 1.60. The number of rotatable bonds is 2. The average Bonchev–Trinajstić information content (AvgIpc) is 2.29. The van der Waals surface area contributed by atoms with E-state index in [1.165, 1.54) is 6.07 Å². The van der Waals surface area contributed by atoms with E-state index in [2.05, 4.69) is 31.9 Å². The maximum absolute atomic E-state index is 12.8. The Bertz CT molecular complexity index is 539. The van der Waals surface area contributed by atoms with Gasteiger partial charge < -0.3 is 0 Å². The summed E-state index contributed by atoms with van der Waals surface area (Å²) in [5, 5.41) is 0. The molecule has 0 amide bonds. The Morgan fingerprint density at radius 2 is 1.65 bits per heavy atom. The van der Waals surface area contributed by atoms with Gasteiger partial charge in [0.15, 0.2) is 0 Å². The summed E-state index contributed by atoms with van der Waals surface area (Å²) in [6.45, 7) is 0. The van der Waals surface area contributed by atoms with Crippen LogP contribution in [-0.4, -0.2) is 0 Å². The largest absolute Gasteiger partial charge is 0.264 e. The third kappa shape index (κ3) is 2.75. The van der Waals surface area contributed by atoms with Gasteiger partial charge in [0, 0.05) is 14.5 Å². The summed E-state index contributed by atoms with van der Waals surface area (Å²) in [5.74, 6) is 0. The summed E-state index contributed by atoms with van der Waals surface area (Å²) in [5.41, 5.74) is 1.68. The van der Waals surface area contributed by atoms with Gasteiger partial charge in [-0.25, -0.2) is 8.78 Å². The van der Waals surface area contributed by atoms with Crippen LogP contribution in [0.4, 0.5) is 8.78 Å². The summed E-state index contributed by atoms with van der Waals surface area (Å²) in [4.78, 5) is 0. The van der Waals surface area contributed by atoms with Gasteiger partial charge in [-0.2, -0.15) is 0 Å². The molecule has 0 N–H and O–H groups in total. The van der Waals surface area contributed by atoms with Gasteiger partial charge in [-0.1, -0.05) is 46.3 Å². The number of benzene rings is 2. The zero-order valence-electron chi connectivity index (χ0n) is 8.63. The molecule has 0 bridgehead atoms. The SMILES string of the molecule is FC(F)c1cccc(-c2cccc(Br)c2)c1Br. The highest BCUT2D eigenvalue weighted by Gasteiger charge is 2.14. The van der Waals surface area contributed by atoms with Gasteiger partial charge >= 0.3 is 0 Å². The van der Waals surface area contributed by atoms with E-state index in [4.69, 9.17) is 0 Å². The normalized spacial score (nSPS) is 10.9. The molecule has 0 saturated heterocycles. The fourth-order valence-corrected chi connectivity index (χ4v) is 2.66. The van der Waals surface area contributed by atoms with Gasteiger partial charge in [0.1, 0.15) is 0 Å².